The van der Waals surface area contributed by atoms with E-state index < -0.39 is 0 Å². The van der Waals surface area contributed by atoms with Crippen molar-refractivity contribution in [2.75, 3.05) is 33.2 Å². The van der Waals surface area contributed by atoms with Gasteiger partial charge in [-0.1, -0.05) is 0 Å². The molecule has 6 heteroatoms. The molecule has 0 saturated carbocycles. The number of nitrogens with zero attached hydrogens (tertiary/aromatic N) is 2. The second-order valence-corrected chi connectivity index (χ2v) is 5.28. The average molecular weight is 268 g/mol. The summed E-state index contributed by atoms with van der Waals surface area (Å²) in [6.45, 7) is 3.12. The molecule has 2 saturated heterocycles. The van der Waals surface area contributed by atoms with Crippen LogP contribution >= 0.6 is 0 Å². The Morgan fingerprint density at radius 3 is 2.53 bits per heavy atom. The Morgan fingerprint density at radius 2 is 1.84 bits per heavy atom. The van der Waals surface area contributed by atoms with Crippen molar-refractivity contribution < 1.29 is 9.59 Å². The number of piperidine rings is 1. The average Bonchev–Trinajstić information content (AvgIpc) is 2.93. The molecule has 0 unspecified atom stereocenters. The lowest BCUT2D eigenvalue weighted by Crippen LogP contribution is -2.50. The molecule has 2 aliphatic heterocycles. The molecule has 2 N–H and O–H groups in total. The molecule has 19 heavy (non-hydrogen) atoms. The van der Waals surface area contributed by atoms with E-state index >= 15 is 0 Å². The van der Waals surface area contributed by atoms with Gasteiger partial charge in [0, 0.05) is 33.2 Å². The van der Waals surface area contributed by atoms with Crippen LogP contribution in [0.15, 0.2) is 0 Å². The number of rotatable bonds is 2. The van der Waals surface area contributed by atoms with Gasteiger partial charge in [0.1, 0.15) is 0 Å². The van der Waals surface area contributed by atoms with Gasteiger partial charge in [0.05, 0.1) is 6.04 Å². The third kappa shape index (κ3) is 3.52. The predicted octanol–water partition coefficient (Wildman–Crippen LogP) is 0.986. The summed E-state index contributed by atoms with van der Waals surface area (Å²) in [4.78, 5) is 27.6. The van der Waals surface area contributed by atoms with Crippen molar-refractivity contribution in [3.05, 3.63) is 0 Å². The molecule has 0 bridgehead atoms. The number of nitrogens with one attached hydrogen (secondary N) is 2. The van der Waals surface area contributed by atoms with Crippen LogP contribution in [0, 0.1) is 0 Å². The minimum Gasteiger partial charge on any atom is -0.341 e. The first-order chi connectivity index (χ1) is 9.22. The van der Waals surface area contributed by atoms with Crippen LogP contribution < -0.4 is 10.6 Å². The number of hydrogen-bond acceptors (Lipinski definition) is 2. The minimum absolute atomic E-state index is 0.145. The van der Waals surface area contributed by atoms with Gasteiger partial charge in [-0.3, -0.25) is 0 Å². The smallest absolute Gasteiger partial charge is 0.320 e. The molecule has 108 valence electrons. The van der Waals surface area contributed by atoms with Gasteiger partial charge >= 0.3 is 12.1 Å². The second kappa shape index (κ2) is 6.63. The highest BCUT2D eigenvalue weighted by molar-refractivity contribution is 5.76. The first-order valence-corrected chi connectivity index (χ1v) is 7.23. The van der Waals surface area contributed by atoms with Crippen molar-refractivity contribution in [1.82, 2.24) is 20.4 Å². The highest BCUT2D eigenvalue weighted by atomic mass is 16.2. The third-order valence-electron chi connectivity index (χ3n) is 3.97. The van der Waals surface area contributed by atoms with E-state index in [4.69, 9.17) is 0 Å². The summed E-state index contributed by atoms with van der Waals surface area (Å²) >= 11 is 0. The summed E-state index contributed by atoms with van der Waals surface area (Å²) in [7, 11) is 1.60. The highest BCUT2D eigenvalue weighted by Gasteiger charge is 2.32. The lowest BCUT2D eigenvalue weighted by atomic mass is 10.1. The molecule has 2 heterocycles. The lowest BCUT2D eigenvalue weighted by molar-refractivity contribution is 0.138. The number of carbonyl (C=O) groups excluding carboxylic acids is 2. The Bertz CT molecular complexity index is 329. The Balaban J connectivity index is 1.86. The standard InChI is InChI=1S/C13H24N4O2/c1-14-12(18)15-10-11-6-5-9-17(11)13(19)16-7-3-2-4-8-16/h11H,2-10H2,1H3,(H2,14,15,18)/t11-/m1/s1. The van der Waals surface area contributed by atoms with Crippen molar-refractivity contribution in [3.8, 4) is 0 Å². The van der Waals surface area contributed by atoms with Crippen LogP contribution in [0.5, 0.6) is 0 Å². The molecular formula is C13H24N4O2. The zero-order chi connectivity index (χ0) is 13.7. The fourth-order valence-electron chi connectivity index (χ4n) is 2.87. The number of amides is 4. The quantitative estimate of drug-likeness (QED) is 0.784. The fraction of sp³-hybridized carbons (Fsp3) is 0.846. The molecule has 1 atom stereocenters. The zero-order valence-electron chi connectivity index (χ0n) is 11.7. The highest BCUT2D eigenvalue weighted by Crippen LogP contribution is 2.20. The Hall–Kier alpha value is -1.46. The number of hydrogen-bond donors (Lipinski definition) is 2. The van der Waals surface area contributed by atoms with Crippen LogP contribution in [0.3, 0.4) is 0 Å². The summed E-state index contributed by atoms with van der Waals surface area (Å²) in [5, 5.41) is 5.33. The van der Waals surface area contributed by atoms with Crippen molar-refractivity contribution in [1.29, 1.82) is 0 Å². The van der Waals surface area contributed by atoms with Gasteiger partial charge in [-0.15, -0.1) is 0 Å². The van der Waals surface area contributed by atoms with Gasteiger partial charge in [0.2, 0.25) is 0 Å². The summed E-state index contributed by atoms with van der Waals surface area (Å²) in [5.74, 6) is 0. The first-order valence-electron chi connectivity index (χ1n) is 7.23. The summed E-state index contributed by atoms with van der Waals surface area (Å²) < 4.78 is 0. The van der Waals surface area contributed by atoms with E-state index in [1.54, 1.807) is 7.05 Å². The van der Waals surface area contributed by atoms with Crippen molar-refractivity contribution in [3.63, 3.8) is 0 Å². The molecule has 2 fully saturated rings. The van der Waals surface area contributed by atoms with E-state index in [0.29, 0.717) is 6.54 Å². The molecule has 0 spiro atoms. The molecule has 6 nitrogen and oxygen atoms in total. The molecule has 0 aliphatic carbocycles. The maximum absolute atomic E-state index is 12.4. The molecular weight excluding hydrogens is 244 g/mol. The van der Waals surface area contributed by atoms with Crippen molar-refractivity contribution >= 4 is 12.1 Å². The van der Waals surface area contributed by atoms with Crippen LogP contribution in [0.4, 0.5) is 9.59 Å². The molecule has 0 aromatic rings. The number of urea groups is 2. The van der Waals surface area contributed by atoms with Gasteiger partial charge in [-0.25, -0.2) is 9.59 Å². The summed E-state index contributed by atoms with van der Waals surface area (Å²) in [5.41, 5.74) is 0. The first kappa shape index (κ1) is 14.0. The molecule has 4 amide bonds. The molecule has 0 radical (unpaired) electrons. The van der Waals surface area contributed by atoms with E-state index in [1.165, 1.54) is 6.42 Å². The van der Waals surface area contributed by atoms with Crippen molar-refractivity contribution in [2.24, 2.45) is 0 Å². The molecule has 2 aliphatic rings. The SMILES string of the molecule is CNC(=O)NC[C@H]1CCCN1C(=O)N1CCCCC1. The lowest BCUT2D eigenvalue weighted by Gasteiger charge is -2.34. The van der Waals surface area contributed by atoms with E-state index in [2.05, 4.69) is 10.6 Å². The van der Waals surface area contributed by atoms with Crippen LogP contribution in [0.25, 0.3) is 0 Å². The normalized spacial score (nSPS) is 23.3. The topological polar surface area (TPSA) is 64.7 Å². The predicted molar refractivity (Wildman–Crippen MR) is 73.0 cm³/mol. The molecule has 0 aromatic carbocycles. The van der Waals surface area contributed by atoms with E-state index in [9.17, 15) is 9.59 Å². The number of likely N-dealkylation sites (tertiary alicyclic amines) is 2. The largest absolute Gasteiger partial charge is 0.341 e. The fourth-order valence-corrected chi connectivity index (χ4v) is 2.87. The van der Waals surface area contributed by atoms with Crippen LogP contribution in [0.1, 0.15) is 32.1 Å². The van der Waals surface area contributed by atoms with Gasteiger partial charge in [0.15, 0.2) is 0 Å². The van der Waals surface area contributed by atoms with Gasteiger partial charge in [-0.2, -0.15) is 0 Å². The van der Waals surface area contributed by atoms with E-state index in [-0.39, 0.29) is 18.1 Å². The molecule has 2 rings (SSSR count). The monoisotopic (exact) mass is 268 g/mol. The maximum atomic E-state index is 12.4. The summed E-state index contributed by atoms with van der Waals surface area (Å²) in [6, 6.07) is 0.116. The minimum atomic E-state index is -0.183. The van der Waals surface area contributed by atoms with Crippen LogP contribution in [-0.4, -0.2) is 61.1 Å². The van der Waals surface area contributed by atoms with E-state index in [0.717, 1.165) is 45.3 Å². The van der Waals surface area contributed by atoms with E-state index in [1.807, 2.05) is 9.80 Å². The van der Waals surface area contributed by atoms with Gasteiger partial charge in [-0.05, 0) is 32.1 Å². The van der Waals surface area contributed by atoms with Gasteiger partial charge in [0.25, 0.3) is 0 Å². The number of carbonyl (C=O) groups is 2. The Kier molecular flexibility index (Phi) is 4.87. The second-order valence-electron chi connectivity index (χ2n) is 5.28. The zero-order valence-corrected chi connectivity index (χ0v) is 11.7. The maximum Gasteiger partial charge on any atom is 0.320 e. The molecule has 0 aromatic heterocycles. The van der Waals surface area contributed by atoms with Crippen LogP contribution in [0.2, 0.25) is 0 Å². The van der Waals surface area contributed by atoms with Crippen molar-refractivity contribution in [2.45, 2.75) is 38.1 Å². The van der Waals surface area contributed by atoms with Gasteiger partial charge < -0.3 is 20.4 Å². The summed E-state index contributed by atoms with van der Waals surface area (Å²) in [6.07, 6.45) is 5.45. The third-order valence-corrected chi connectivity index (χ3v) is 3.97. The van der Waals surface area contributed by atoms with Crippen LogP contribution in [-0.2, 0) is 0 Å². The Labute approximate surface area is 114 Å². The Morgan fingerprint density at radius 1 is 1.11 bits per heavy atom.